The molecule has 0 aromatic carbocycles. The fourth-order valence-corrected chi connectivity index (χ4v) is 9.27. The summed E-state index contributed by atoms with van der Waals surface area (Å²) in [6.07, 6.45) is 14.0. The van der Waals surface area contributed by atoms with Gasteiger partial charge < -0.3 is 9.47 Å². The molecule has 5 fully saturated rings. The van der Waals surface area contributed by atoms with Crippen LogP contribution in [0.25, 0.3) is 0 Å². The van der Waals surface area contributed by atoms with E-state index in [-0.39, 0.29) is 5.97 Å². The average Bonchev–Trinajstić information content (AvgIpc) is 3.41. The summed E-state index contributed by atoms with van der Waals surface area (Å²) in [5, 5.41) is 0. The number of rotatable bonds is 4. The Bertz CT molecular complexity index is 631. The molecule has 28 heavy (non-hydrogen) atoms. The minimum absolute atomic E-state index is 0.0562. The summed E-state index contributed by atoms with van der Waals surface area (Å²) >= 11 is 0. The van der Waals surface area contributed by atoms with Gasteiger partial charge in [-0.15, -0.1) is 0 Å². The van der Waals surface area contributed by atoms with E-state index in [4.69, 9.17) is 9.47 Å². The predicted octanol–water partition coefficient (Wildman–Crippen LogP) is 5.61. The number of carbonyl (C=O) groups excluding carboxylic acids is 1. The Morgan fingerprint density at radius 2 is 1.96 bits per heavy atom. The molecule has 1 saturated heterocycles. The zero-order valence-corrected chi connectivity index (χ0v) is 18.4. The average molecular weight is 389 g/mol. The van der Waals surface area contributed by atoms with E-state index < -0.39 is 0 Å². The van der Waals surface area contributed by atoms with Crippen molar-refractivity contribution in [3.63, 3.8) is 0 Å². The number of methoxy groups -OCH3 is 1. The normalized spacial score (nSPS) is 52.6. The summed E-state index contributed by atoms with van der Waals surface area (Å²) in [5.41, 5.74) is 0.871. The highest BCUT2D eigenvalue weighted by Gasteiger charge is 2.73. The third-order valence-corrected chi connectivity index (χ3v) is 10.6. The number of carbonyl (C=O) groups is 1. The van der Waals surface area contributed by atoms with E-state index in [1.807, 2.05) is 0 Å². The molecule has 4 saturated carbocycles. The molecule has 3 heteroatoms. The Morgan fingerprint density at radius 1 is 1.14 bits per heavy atom. The van der Waals surface area contributed by atoms with Crippen molar-refractivity contribution in [3.8, 4) is 0 Å². The topological polar surface area (TPSA) is 38.8 Å². The molecule has 0 aromatic rings. The molecule has 0 radical (unpaired) electrons. The van der Waals surface area contributed by atoms with Gasteiger partial charge in [0, 0.05) is 11.8 Å². The van der Waals surface area contributed by atoms with Crippen molar-refractivity contribution in [2.45, 2.75) is 97.2 Å². The smallest absolute Gasteiger partial charge is 0.305 e. The minimum Gasteiger partial charge on any atom is -0.469 e. The van der Waals surface area contributed by atoms with Crippen LogP contribution >= 0.6 is 0 Å². The monoisotopic (exact) mass is 388 g/mol. The van der Waals surface area contributed by atoms with E-state index in [0.29, 0.717) is 41.3 Å². The molecule has 0 bridgehead atoms. The Kier molecular flexibility index (Phi) is 4.66. The third kappa shape index (κ3) is 2.60. The largest absolute Gasteiger partial charge is 0.469 e. The molecule has 10 atom stereocenters. The second-order valence-corrected chi connectivity index (χ2v) is 11.5. The van der Waals surface area contributed by atoms with Crippen molar-refractivity contribution >= 4 is 5.97 Å². The highest BCUT2D eigenvalue weighted by Crippen LogP contribution is 2.73. The summed E-state index contributed by atoms with van der Waals surface area (Å²) in [6, 6.07) is 0. The molecule has 3 nitrogen and oxygen atoms in total. The van der Waals surface area contributed by atoms with Gasteiger partial charge in [0.25, 0.3) is 0 Å². The molecule has 0 spiro atoms. The second kappa shape index (κ2) is 6.72. The highest BCUT2D eigenvalue weighted by atomic mass is 16.6. The quantitative estimate of drug-likeness (QED) is 0.464. The van der Waals surface area contributed by atoms with E-state index in [0.717, 1.165) is 30.1 Å². The number of epoxide rings is 1. The van der Waals surface area contributed by atoms with Crippen LogP contribution in [-0.4, -0.2) is 25.3 Å². The van der Waals surface area contributed by atoms with E-state index >= 15 is 0 Å². The van der Waals surface area contributed by atoms with E-state index in [1.165, 1.54) is 58.5 Å². The lowest BCUT2D eigenvalue weighted by atomic mass is 9.44. The van der Waals surface area contributed by atoms with Crippen LogP contribution in [0.4, 0.5) is 0 Å². The Balaban J connectivity index is 1.38. The van der Waals surface area contributed by atoms with Crippen LogP contribution in [0.15, 0.2) is 0 Å². The molecule has 5 aliphatic rings. The van der Waals surface area contributed by atoms with Gasteiger partial charge in [0.2, 0.25) is 0 Å². The Hall–Kier alpha value is -0.570. The molecular formula is C25H40O3. The van der Waals surface area contributed by atoms with E-state index in [2.05, 4.69) is 20.8 Å². The minimum atomic E-state index is -0.0562. The third-order valence-electron chi connectivity index (χ3n) is 10.6. The van der Waals surface area contributed by atoms with Crippen LogP contribution < -0.4 is 0 Å². The first-order valence-corrected chi connectivity index (χ1v) is 12.1. The van der Waals surface area contributed by atoms with Crippen molar-refractivity contribution in [2.75, 3.05) is 7.11 Å². The first kappa shape index (κ1) is 19.4. The fraction of sp³-hybridized carbons (Fsp3) is 0.960. The first-order chi connectivity index (χ1) is 13.4. The molecule has 1 heterocycles. The summed E-state index contributed by atoms with van der Waals surface area (Å²) in [6.45, 7) is 7.59. The maximum Gasteiger partial charge on any atom is 0.305 e. The lowest BCUT2D eigenvalue weighted by Crippen LogP contribution is -2.56. The van der Waals surface area contributed by atoms with Crippen molar-refractivity contribution in [2.24, 2.45) is 46.3 Å². The Labute approximate surface area is 171 Å². The van der Waals surface area contributed by atoms with Gasteiger partial charge >= 0.3 is 5.97 Å². The van der Waals surface area contributed by atoms with Crippen LogP contribution in [0.2, 0.25) is 0 Å². The van der Waals surface area contributed by atoms with Crippen molar-refractivity contribution < 1.29 is 14.3 Å². The van der Waals surface area contributed by atoms with E-state index in [9.17, 15) is 4.79 Å². The lowest BCUT2D eigenvalue weighted by Gasteiger charge is -2.59. The van der Waals surface area contributed by atoms with Crippen LogP contribution in [0, 0.1) is 46.3 Å². The van der Waals surface area contributed by atoms with Crippen molar-refractivity contribution in [3.05, 3.63) is 0 Å². The molecular weight excluding hydrogens is 348 g/mol. The maximum absolute atomic E-state index is 11.7. The number of ether oxygens (including phenoxy) is 2. The number of hydrogen-bond acceptors (Lipinski definition) is 3. The summed E-state index contributed by atoms with van der Waals surface area (Å²) in [7, 11) is 1.51. The summed E-state index contributed by atoms with van der Waals surface area (Å²) in [4.78, 5) is 11.7. The number of hydrogen-bond donors (Lipinski definition) is 0. The molecule has 4 aliphatic carbocycles. The SMILES string of the molecule is COC(=O)CC[C@H](C)[C@@H]1CC[C@@H]2[C@H]3CC[C@H]4CCCC[C@]4(C)[C@@H]3[C@H]3O[C@H]3[C@]21C. The van der Waals surface area contributed by atoms with Crippen LogP contribution in [0.5, 0.6) is 0 Å². The van der Waals surface area contributed by atoms with Gasteiger partial charge in [-0.3, -0.25) is 4.79 Å². The van der Waals surface area contributed by atoms with Gasteiger partial charge in [-0.1, -0.05) is 33.6 Å². The molecule has 158 valence electrons. The lowest BCUT2D eigenvalue weighted by molar-refractivity contribution is -0.141. The molecule has 1 aliphatic heterocycles. The highest BCUT2D eigenvalue weighted by molar-refractivity contribution is 5.69. The summed E-state index contributed by atoms with van der Waals surface area (Å²) in [5.74, 6) is 4.72. The van der Waals surface area contributed by atoms with Crippen molar-refractivity contribution in [1.29, 1.82) is 0 Å². The van der Waals surface area contributed by atoms with Gasteiger partial charge in [-0.05, 0) is 85.9 Å². The van der Waals surface area contributed by atoms with Gasteiger partial charge in [0.15, 0.2) is 0 Å². The van der Waals surface area contributed by atoms with Gasteiger partial charge in [-0.25, -0.2) is 0 Å². The predicted molar refractivity (Wildman–Crippen MR) is 110 cm³/mol. The zero-order valence-electron chi connectivity index (χ0n) is 18.4. The fourth-order valence-electron chi connectivity index (χ4n) is 9.27. The maximum atomic E-state index is 11.7. The van der Waals surface area contributed by atoms with Crippen LogP contribution in [-0.2, 0) is 14.3 Å². The standard InChI is InChI=1S/C25H40O3/c1-15(8-13-20(26)27-4)18-11-12-19-17-10-9-16-7-5-6-14-24(16,2)21(17)22-23(28-22)25(18,19)3/h15-19,21-23H,5-14H2,1-4H3/t15-,16+,17+,18-,19+,21-,22+,23+,24-,25-/m0/s1. The van der Waals surface area contributed by atoms with Crippen LogP contribution in [0.1, 0.15) is 85.0 Å². The molecule has 5 rings (SSSR count). The zero-order chi connectivity index (χ0) is 19.7. The molecule has 0 amide bonds. The number of fused-ring (bicyclic) bond motifs is 8. The first-order valence-electron chi connectivity index (χ1n) is 12.1. The van der Waals surface area contributed by atoms with Gasteiger partial charge in [0.1, 0.15) is 0 Å². The second-order valence-electron chi connectivity index (χ2n) is 11.5. The van der Waals surface area contributed by atoms with Crippen molar-refractivity contribution in [1.82, 2.24) is 0 Å². The van der Waals surface area contributed by atoms with E-state index in [1.54, 1.807) is 0 Å². The number of esters is 1. The van der Waals surface area contributed by atoms with Gasteiger partial charge in [-0.2, -0.15) is 0 Å². The van der Waals surface area contributed by atoms with Crippen LogP contribution in [0.3, 0.4) is 0 Å². The molecule has 0 unspecified atom stereocenters. The Morgan fingerprint density at radius 3 is 2.75 bits per heavy atom. The van der Waals surface area contributed by atoms with Gasteiger partial charge in [0.05, 0.1) is 19.3 Å². The summed E-state index contributed by atoms with van der Waals surface area (Å²) < 4.78 is 11.5. The molecule has 0 aromatic heterocycles. The molecule has 0 N–H and O–H groups in total.